The van der Waals surface area contributed by atoms with Gasteiger partial charge in [-0.05, 0) is 31.4 Å². The third kappa shape index (κ3) is 5.53. The number of imidazole rings is 1. The third-order valence-corrected chi connectivity index (χ3v) is 6.41. The van der Waals surface area contributed by atoms with Gasteiger partial charge in [0.1, 0.15) is 0 Å². The van der Waals surface area contributed by atoms with Gasteiger partial charge in [-0.1, -0.05) is 30.3 Å². The number of piperidine rings is 1. The first-order chi connectivity index (χ1) is 13.4. The van der Waals surface area contributed by atoms with E-state index < -0.39 is 10.0 Å². The highest BCUT2D eigenvalue weighted by Gasteiger charge is 2.30. The summed E-state index contributed by atoms with van der Waals surface area (Å²) >= 11 is 0. The zero-order valence-electron chi connectivity index (χ0n) is 15.9. The van der Waals surface area contributed by atoms with Crippen molar-refractivity contribution >= 4 is 22.0 Å². The predicted molar refractivity (Wildman–Crippen MR) is 109 cm³/mol. The second-order valence-electron chi connectivity index (χ2n) is 7.10. The largest absolute Gasteiger partial charge is 0.352 e. The highest BCUT2D eigenvalue weighted by Crippen LogP contribution is 2.21. The molecule has 1 unspecified atom stereocenters. The van der Waals surface area contributed by atoms with Crippen LogP contribution in [-0.4, -0.2) is 47.3 Å². The van der Waals surface area contributed by atoms with Gasteiger partial charge in [-0.2, -0.15) is 4.31 Å². The van der Waals surface area contributed by atoms with Crippen LogP contribution in [0.1, 0.15) is 25.3 Å². The number of carbonyl (C=O) groups is 1. The standard InChI is InChI=1S/C20H26N4O3S/c1-17(15-23-13-10-21-16-23)22-20(25)19-7-11-24(12-8-19)28(26,27)14-9-18-5-3-2-4-6-18/h2-6,9-10,13-14,16-17,19H,7-8,11-12,15H2,1H3,(H,22,25)/b14-9+. The molecule has 0 aliphatic carbocycles. The van der Waals surface area contributed by atoms with Gasteiger partial charge in [-0.3, -0.25) is 4.79 Å². The van der Waals surface area contributed by atoms with E-state index in [2.05, 4.69) is 10.3 Å². The van der Waals surface area contributed by atoms with Crippen LogP contribution in [0.2, 0.25) is 0 Å². The lowest BCUT2D eigenvalue weighted by Crippen LogP contribution is -2.45. The Morgan fingerprint density at radius 1 is 1.29 bits per heavy atom. The Bertz CT molecular complexity index is 887. The lowest BCUT2D eigenvalue weighted by molar-refractivity contribution is -0.126. The minimum Gasteiger partial charge on any atom is -0.352 e. The molecule has 1 amide bonds. The van der Waals surface area contributed by atoms with E-state index in [1.54, 1.807) is 18.6 Å². The number of hydrogen-bond donors (Lipinski definition) is 1. The van der Waals surface area contributed by atoms with Gasteiger partial charge < -0.3 is 9.88 Å². The van der Waals surface area contributed by atoms with Crippen molar-refractivity contribution in [1.29, 1.82) is 0 Å². The van der Waals surface area contributed by atoms with Crippen LogP contribution in [0.4, 0.5) is 0 Å². The molecule has 1 fully saturated rings. The van der Waals surface area contributed by atoms with Crippen LogP contribution in [0.3, 0.4) is 0 Å². The van der Waals surface area contributed by atoms with E-state index in [4.69, 9.17) is 0 Å². The second kappa shape index (κ2) is 9.16. The Morgan fingerprint density at radius 3 is 2.64 bits per heavy atom. The molecule has 3 rings (SSSR count). The van der Waals surface area contributed by atoms with Gasteiger partial charge in [0.15, 0.2) is 0 Å². The Balaban J connectivity index is 1.49. The predicted octanol–water partition coefficient (Wildman–Crippen LogP) is 2.10. The molecule has 0 saturated carbocycles. The first-order valence-electron chi connectivity index (χ1n) is 9.43. The first kappa shape index (κ1) is 20.3. The molecular formula is C20H26N4O3S. The molecule has 0 spiro atoms. The maximum absolute atomic E-state index is 12.5. The summed E-state index contributed by atoms with van der Waals surface area (Å²) in [5.41, 5.74) is 0.840. The molecule has 1 N–H and O–H groups in total. The van der Waals surface area contributed by atoms with Crippen molar-refractivity contribution < 1.29 is 13.2 Å². The maximum Gasteiger partial charge on any atom is 0.236 e. The molecule has 1 aromatic heterocycles. The van der Waals surface area contributed by atoms with Crippen molar-refractivity contribution in [2.24, 2.45) is 5.92 Å². The molecule has 7 nitrogen and oxygen atoms in total. The summed E-state index contributed by atoms with van der Waals surface area (Å²) in [6.45, 7) is 3.32. The number of nitrogens with one attached hydrogen (secondary N) is 1. The normalized spacial score (nSPS) is 17.6. The second-order valence-corrected chi connectivity index (χ2v) is 8.92. The monoisotopic (exact) mass is 402 g/mol. The van der Waals surface area contributed by atoms with Crippen molar-refractivity contribution in [3.8, 4) is 0 Å². The van der Waals surface area contributed by atoms with Gasteiger partial charge in [0.2, 0.25) is 15.9 Å². The van der Waals surface area contributed by atoms with Crippen LogP contribution in [0, 0.1) is 5.92 Å². The van der Waals surface area contributed by atoms with Crippen LogP contribution in [-0.2, 0) is 21.4 Å². The smallest absolute Gasteiger partial charge is 0.236 e. The lowest BCUT2D eigenvalue weighted by Gasteiger charge is -2.30. The molecule has 1 aromatic carbocycles. The number of amides is 1. The van der Waals surface area contributed by atoms with Crippen molar-refractivity contribution in [3.05, 3.63) is 60.0 Å². The van der Waals surface area contributed by atoms with Crippen LogP contribution in [0.25, 0.3) is 6.08 Å². The van der Waals surface area contributed by atoms with Crippen LogP contribution < -0.4 is 5.32 Å². The number of nitrogens with zero attached hydrogens (tertiary/aromatic N) is 3. The summed E-state index contributed by atoms with van der Waals surface area (Å²) in [4.78, 5) is 16.5. The molecule has 1 atom stereocenters. The minimum absolute atomic E-state index is 0.00973. The summed E-state index contributed by atoms with van der Waals surface area (Å²) in [6, 6.07) is 9.31. The highest BCUT2D eigenvalue weighted by molar-refractivity contribution is 7.92. The van der Waals surface area contributed by atoms with Gasteiger partial charge in [-0.15, -0.1) is 0 Å². The summed E-state index contributed by atoms with van der Waals surface area (Å²) in [7, 11) is -3.48. The topological polar surface area (TPSA) is 84.3 Å². The molecule has 150 valence electrons. The molecule has 1 aliphatic rings. The minimum atomic E-state index is -3.48. The molecule has 2 heterocycles. The fourth-order valence-corrected chi connectivity index (χ4v) is 4.53. The molecule has 0 radical (unpaired) electrons. The van der Waals surface area contributed by atoms with E-state index in [0.29, 0.717) is 32.5 Å². The number of rotatable bonds is 7. The number of benzene rings is 1. The molecule has 1 saturated heterocycles. The van der Waals surface area contributed by atoms with Gasteiger partial charge in [0.05, 0.1) is 6.33 Å². The average Bonchev–Trinajstić information content (AvgIpc) is 3.20. The van der Waals surface area contributed by atoms with Crippen LogP contribution in [0.15, 0.2) is 54.5 Å². The van der Waals surface area contributed by atoms with Crippen LogP contribution >= 0.6 is 0 Å². The van der Waals surface area contributed by atoms with Crippen molar-refractivity contribution in [3.63, 3.8) is 0 Å². The van der Waals surface area contributed by atoms with Gasteiger partial charge in [0, 0.05) is 49.4 Å². The van der Waals surface area contributed by atoms with E-state index in [-0.39, 0.29) is 17.9 Å². The summed E-state index contributed by atoms with van der Waals surface area (Å²) < 4.78 is 28.4. The quantitative estimate of drug-likeness (QED) is 0.769. The fraction of sp³-hybridized carbons (Fsp3) is 0.400. The first-order valence-corrected chi connectivity index (χ1v) is 10.9. The Kier molecular flexibility index (Phi) is 6.64. The zero-order valence-corrected chi connectivity index (χ0v) is 16.8. The molecule has 2 aromatic rings. The molecule has 28 heavy (non-hydrogen) atoms. The Morgan fingerprint density at radius 2 is 2.00 bits per heavy atom. The molecule has 8 heteroatoms. The lowest BCUT2D eigenvalue weighted by atomic mass is 9.97. The SMILES string of the molecule is CC(Cn1ccnc1)NC(=O)C1CCN(S(=O)(=O)/C=C/c2ccccc2)CC1. The number of sulfonamides is 1. The van der Waals surface area contributed by atoms with Gasteiger partial charge in [0.25, 0.3) is 0 Å². The van der Waals surface area contributed by atoms with E-state index in [1.807, 2.05) is 48.0 Å². The highest BCUT2D eigenvalue weighted by atomic mass is 32.2. The maximum atomic E-state index is 12.5. The fourth-order valence-electron chi connectivity index (χ4n) is 3.30. The van der Waals surface area contributed by atoms with Crippen molar-refractivity contribution in [2.45, 2.75) is 32.4 Å². The van der Waals surface area contributed by atoms with Gasteiger partial charge in [-0.25, -0.2) is 13.4 Å². The van der Waals surface area contributed by atoms with Gasteiger partial charge >= 0.3 is 0 Å². The summed E-state index contributed by atoms with van der Waals surface area (Å²) in [5, 5.41) is 4.26. The number of aromatic nitrogens is 2. The third-order valence-electron chi connectivity index (χ3n) is 4.85. The summed E-state index contributed by atoms with van der Waals surface area (Å²) in [6.07, 6.45) is 7.94. The van der Waals surface area contributed by atoms with Crippen molar-refractivity contribution in [1.82, 2.24) is 19.2 Å². The van der Waals surface area contributed by atoms with E-state index in [0.717, 1.165) is 5.56 Å². The summed E-state index contributed by atoms with van der Waals surface area (Å²) in [5.74, 6) is -0.167. The Hall–Kier alpha value is -2.45. The number of hydrogen-bond acceptors (Lipinski definition) is 4. The van der Waals surface area contributed by atoms with E-state index in [9.17, 15) is 13.2 Å². The zero-order chi connectivity index (χ0) is 20.0. The Labute approximate surface area is 166 Å². The number of carbonyl (C=O) groups excluding carboxylic acids is 1. The molecule has 0 bridgehead atoms. The van der Waals surface area contributed by atoms with E-state index in [1.165, 1.54) is 9.71 Å². The van der Waals surface area contributed by atoms with Crippen molar-refractivity contribution in [2.75, 3.05) is 13.1 Å². The average molecular weight is 403 g/mol. The molecular weight excluding hydrogens is 376 g/mol. The molecule has 1 aliphatic heterocycles. The van der Waals surface area contributed by atoms with Crippen LogP contribution in [0.5, 0.6) is 0 Å². The van der Waals surface area contributed by atoms with E-state index >= 15 is 0 Å².